The molecule has 1 aliphatic rings. The van der Waals surface area contributed by atoms with Crippen LogP contribution in [-0.4, -0.2) is 53.1 Å². The van der Waals surface area contributed by atoms with Crippen molar-refractivity contribution in [3.05, 3.63) is 65.7 Å². The molecule has 4 aromatic rings. The standard InChI is InChI=1S/C26H25F3N4O2/c1-32-25-23(24(31-32)19-4-3-5-20(14-19)34-2)21(26(27,28)29)15-22(30-25)18-8-6-17(7-9-18)16-33-10-12-35-13-11-33/h3-9,14-15H,10-13,16H2,1-2H3. The maximum atomic E-state index is 14.3. The third-order valence-corrected chi connectivity index (χ3v) is 6.20. The van der Waals surface area contributed by atoms with Gasteiger partial charge >= 0.3 is 6.18 Å². The van der Waals surface area contributed by atoms with Crippen LogP contribution in [0.1, 0.15) is 11.1 Å². The number of aryl methyl sites for hydroxylation is 1. The highest BCUT2D eigenvalue weighted by atomic mass is 19.4. The summed E-state index contributed by atoms with van der Waals surface area (Å²) < 4.78 is 54.9. The Labute approximate surface area is 200 Å². The van der Waals surface area contributed by atoms with Crippen molar-refractivity contribution in [3.8, 4) is 28.3 Å². The fraction of sp³-hybridized carbons (Fsp3) is 0.308. The Bertz CT molecular complexity index is 1340. The van der Waals surface area contributed by atoms with Crippen molar-refractivity contribution >= 4 is 11.0 Å². The van der Waals surface area contributed by atoms with E-state index in [0.717, 1.165) is 31.3 Å². The molecule has 9 heteroatoms. The van der Waals surface area contributed by atoms with Crippen LogP contribution < -0.4 is 4.74 Å². The van der Waals surface area contributed by atoms with Gasteiger partial charge in [0.25, 0.3) is 0 Å². The predicted octanol–water partition coefficient (Wildman–Crippen LogP) is 5.16. The summed E-state index contributed by atoms with van der Waals surface area (Å²) in [5.41, 5.74) is 2.12. The van der Waals surface area contributed by atoms with Crippen molar-refractivity contribution in [2.45, 2.75) is 12.7 Å². The molecule has 0 bridgehead atoms. The van der Waals surface area contributed by atoms with E-state index in [1.54, 1.807) is 31.3 Å². The second-order valence-electron chi connectivity index (χ2n) is 8.54. The highest BCUT2D eigenvalue weighted by Gasteiger charge is 2.36. The second-order valence-corrected chi connectivity index (χ2v) is 8.54. The third-order valence-electron chi connectivity index (χ3n) is 6.20. The van der Waals surface area contributed by atoms with Crippen molar-refractivity contribution < 1.29 is 22.6 Å². The number of hydrogen-bond donors (Lipinski definition) is 0. The van der Waals surface area contributed by atoms with Crippen molar-refractivity contribution in [1.82, 2.24) is 19.7 Å². The van der Waals surface area contributed by atoms with Gasteiger partial charge in [0.1, 0.15) is 11.4 Å². The molecule has 3 heterocycles. The minimum atomic E-state index is -4.58. The van der Waals surface area contributed by atoms with E-state index < -0.39 is 11.7 Å². The molecular formula is C26H25F3N4O2. The molecule has 5 rings (SSSR count). The van der Waals surface area contributed by atoms with Crippen LogP contribution in [0, 0.1) is 0 Å². The lowest BCUT2D eigenvalue weighted by molar-refractivity contribution is -0.136. The highest BCUT2D eigenvalue weighted by molar-refractivity contribution is 5.96. The van der Waals surface area contributed by atoms with Gasteiger partial charge in [-0.2, -0.15) is 18.3 Å². The van der Waals surface area contributed by atoms with E-state index in [-0.39, 0.29) is 22.4 Å². The Morgan fingerprint density at radius 1 is 1.00 bits per heavy atom. The molecule has 0 atom stereocenters. The van der Waals surface area contributed by atoms with Crippen LogP contribution in [0.5, 0.6) is 5.75 Å². The molecule has 2 aromatic carbocycles. The Morgan fingerprint density at radius 3 is 2.43 bits per heavy atom. The SMILES string of the molecule is COc1cccc(-c2nn(C)c3nc(-c4ccc(CN5CCOCC5)cc4)cc(C(F)(F)F)c23)c1. The number of hydrogen-bond acceptors (Lipinski definition) is 5. The minimum Gasteiger partial charge on any atom is -0.497 e. The molecule has 0 radical (unpaired) electrons. The summed E-state index contributed by atoms with van der Waals surface area (Å²) in [6.45, 7) is 3.93. The molecule has 2 aromatic heterocycles. The van der Waals surface area contributed by atoms with E-state index in [0.29, 0.717) is 30.1 Å². The lowest BCUT2D eigenvalue weighted by Crippen LogP contribution is -2.35. The maximum Gasteiger partial charge on any atom is 0.417 e. The fourth-order valence-corrected chi connectivity index (χ4v) is 4.39. The van der Waals surface area contributed by atoms with Gasteiger partial charge in [-0.25, -0.2) is 9.67 Å². The van der Waals surface area contributed by atoms with Crippen LogP contribution >= 0.6 is 0 Å². The number of rotatable bonds is 5. The van der Waals surface area contributed by atoms with Gasteiger partial charge in [0.2, 0.25) is 0 Å². The number of fused-ring (bicyclic) bond motifs is 1. The van der Waals surface area contributed by atoms with E-state index in [4.69, 9.17) is 9.47 Å². The smallest absolute Gasteiger partial charge is 0.417 e. The van der Waals surface area contributed by atoms with E-state index in [1.165, 1.54) is 11.8 Å². The Kier molecular flexibility index (Phi) is 6.21. The monoisotopic (exact) mass is 482 g/mol. The van der Waals surface area contributed by atoms with Gasteiger partial charge < -0.3 is 9.47 Å². The topological polar surface area (TPSA) is 52.4 Å². The summed E-state index contributed by atoms with van der Waals surface area (Å²) in [6.07, 6.45) is -4.58. The molecule has 0 spiro atoms. The Balaban J connectivity index is 1.57. The minimum absolute atomic E-state index is 0.0269. The number of benzene rings is 2. The first-order chi connectivity index (χ1) is 16.8. The van der Waals surface area contributed by atoms with Crippen LogP contribution in [0.25, 0.3) is 33.5 Å². The lowest BCUT2D eigenvalue weighted by Gasteiger charge is -2.26. The number of ether oxygens (including phenoxy) is 2. The van der Waals surface area contributed by atoms with Gasteiger partial charge in [-0.05, 0) is 23.8 Å². The molecule has 0 aliphatic carbocycles. The van der Waals surface area contributed by atoms with Crippen molar-refractivity contribution in [2.24, 2.45) is 7.05 Å². The van der Waals surface area contributed by atoms with Crippen LogP contribution in [0.15, 0.2) is 54.6 Å². The molecule has 35 heavy (non-hydrogen) atoms. The number of alkyl halides is 3. The molecule has 182 valence electrons. The quantitative estimate of drug-likeness (QED) is 0.393. The van der Waals surface area contributed by atoms with Crippen molar-refractivity contribution in [3.63, 3.8) is 0 Å². The number of halogens is 3. The average molecular weight is 483 g/mol. The summed E-state index contributed by atoms with van der Waals surface area (Å²) in [7, 11) is 3.12. The van der Waals surface area contributed by atoms with Crippen LogP contribution in [0.2, 0.25) is 0 Å². The Morgan fingerprint density at radius 2 is 1.74 bits per heavy atom. The molecule has 0 saturated carbocycles. The first-order valence-electron chi connectivity index (χ1n) is 11.3. The van der Waals surface area contributed by atoms with Gasteiger partial charge in [-0.1, -0.05) is 36.4 Å². The predicted molar refractivity (Wildman–Crippen MR) is 127 cm³/mol. The number of nitrogens with zero attached hydrogens (tertiary/aromatic N) is 4. The van der Waals surface area contributed by atoms with E-state index in [9.17, 15) is 13.2 Å². The van der Waals surface area contributed by atoms with Gasteiger partial charge in [-0.15, -0.1) is 0 Å². The number of aromatic nitrogens is 3. The summed E-state index contributed by atoms with van der Waals surface area (Å²) in [4.78, 5) is 6.89. The molecule has 0 amide bonds. The van der Waals surface area contributed by atoms with Crippen LogP contribution in [0.3, 0.4) is 0 Å². The zero-order valence-corrected chi connectivity index (χ0v) is 19.5. The zero-order valence-electron chi connectivity index (χ0n) is 19.5. The molecule has 1 aliphatic heterocycles. The molecular weight excluding hydrogens is 457 g/mol. The van der Waals surface area contributed by atoms with Crippen LogP contribution in [-0.2, 0) is 24.5 Å². The lowest BCUT2D eigenvalue weighted by atomic mass is 10.0. The van der Waals surface area contributed by atoms with Crippen molar-refractivity contribution in [1.29, 1.82) is 0 Å². The molecule has 0 unspecified atom stereocenters. The number of pyridine rings is 1. The van der Waals surface area contributed by atoms with Crippen molar-refractivity contribution in [2.75, 3.05) is 33.4 Å². The average Bonchev–Trinajstić information content (AvgIpc) is 3.20. The van der Waals surface area contributed by atoms with E-state index in [2.05, 4.69) is 15.0 Å². The number of morpholine rings is 1. The van der Waals surface area contributed by atoms with E-state index in [1.807, 2.05) is 24.3 Å². The number of methoxy groups -OCH3 is 1. The van der Waals surface area contributed by atoms with Crippen LogP contribution in [0.4, 0.5) is 13.2 Å². The largest absolute Gasteiger partial charge is 0.497 e. The third kappa shape index (κ3) is 4.74. The normalized spacial score (nSPS) is 15.0. The highest BCUT2D eigenvalue weighted by Crippen LogP contribution is 2.41. The van der Waals surface area contributed by atoms with Gasteiger partial charge in [0, 0.05) is 37.8 Å². The summed E-state index contributed by atoms with van der Waals surface area (Å²) >= 11 is 0. The van der Waals surface area contributed by atoms with Gasteiger partial charge in [0.05, 0.1) is 37.0 Å². The summed E-state index contributed by atoms with van der Waals surface area (Å²) in [5.74, 6) is 0.539. The molecule has 6 nitrogen and oxygen atoms in total. The second kappa shape index (κ2) is 9.31. The first-order valence-corrected chi connectivity index (χ1v) is 11.3. The van der Waals surface area contributed by atoms with E-state index >= 15 is 0 Å². The summed E-state index contributed by atoms with van der Waals surface area (Å²) in [5, 5.41) is 4.38. The van der Waals surface area contributed by atoms with Gasteiger partial charge in [-0.3, -0.25) is 4.90 Å². The Hall–Kier alpha value is -3.43. The maximum absolute atomic E-state index is 14.3. The molecule has 1 saturated heterocycles. The molecule has 0 N–H and O–H groups in total. The molecule has 1 fully saturated rings. The zero-order chi connectivity index (χ0) is 24.6. The van der Waals surface area contributed by atoms with Gasteiger partial charge in [0.15, 0.2) is 5.65 Å². The summed E-state index contributed by atoms with van der Waals surface area (Å²) in [6, 6.07) is 15.5. The fourth-order valence-electron chi connectivity index (χ4n) is 4.39. The first kappa shape index (κ1) is 23.3.